The van der Waals surface area contributed by atoms with E-state index in [1.807, 2.05) is 41.5 Å². The van der Waals surface area contributed by atoms with E-state index in [4.69, 9.17) is 11.5 Å². The molecule has 5 heteroatoms. The van der Waals surface area contributed by atoms with E-state index in [1.165, 1.54) is 0 Å². The number of hydrogen-bond acceptors (Lipinski definition) is 0. The molecule has 0 radical (unpaired) electrons. The van der Waals surface area contributed by atoms with Crippen molar-refractivity contribution in [2.75, 3.05) is 39.3 Å². The molecule has 0 rings (SSSR count). The zero-order valence-electron chi connectivity index (χ0n) is 14.1. The van der Waals surface area contributed by atoms with E-state index < -0.39 is 0 Å². The summed E-state index contributed by atoms with van der Waals surface area (Å²) in [5.41, 5.74) is 12.9. The van der Waals surface area contributed by atoms with Crippen molar-refractivity contribution in [3.05, 3.63) is 22.1 Å². The minimum absolute atomic E-state index is 0. The molecule has 2 N–H and O–H groups in total. The van der Waals surface area contributed by atoms with Crippen LogP contribution in [-0.2, 0) is 25.8 Å². The van der Waals surface area contributed by atoms with E-state index in [0.29, 0.717) is 13.1 Å². The van der Waals surface area contributed by atoms with Gasteiger partial charge in [-0.25, -0.2) is 0 Å². The Kier molecular flexibility index (Phi) is 85.9. The van der Waals surface area contributed by atoms with Crippen LogP contribution in [0.5, 0.6) is 0 Å². The van der Waals surface area contributed by atoms with Gasteiger partial charge in [-0.15, -0.1) is 0 Å². The summed E-state index contributed by atoms with van der Waals surface area (Å²) in [6, 6.07) is 0. The third-order valence-electron chi connectivity index (χ3n) is 1.39. The van der Waals surface area contributed by atoms with E-state index in [2.05, 4.69) is 10.6 Å². The third-order valence-corrected chi connectivity index (χ3v) is 1.39. The Morgan fingerprint density at radius 1 is 0.579 bits per heavy atom. The fourth-order valence-electron chi connectivity index (χ4n) is 0.447. The molecule has 0 aliphatic carbocycles. The smallest absolute Gasteiger partial charge is 0.677 e. The van der Waals surface area contributed by atoms with Gasteiger partial charge in [-0.05, 0) is 0 Å². The maximum absolute atomic E-state index is 6.45. The molecule has 0 saturated carbocycles. The van der Waals surface area contributed by atoms with Crippen LogP contribution < -0.4 is 0 Å². The van der Waals surface area contributed by atoms with Gasteiger partial charge in [0.1, 0.15) is 0 Å². The van der Waals surface area contributed by atoms with E-state index in [1.54, 1.807) is 0 Å². The summed E-state index contributed by atoms with van der Waals surface area (Å²) in [4.78, 5) is 0. The van der Waals surface area contributed by atoms with Crippen LogP contribution in [0, 0.1) is 0 Å². The van der Waals surface area contributed by atoms with Crippen molar-refractivity contribution >= 4 is 0 Å². The molecule has 0 aliphatic rings. The zero-order chi connectivity index (χ0) is 15.1. The van der Waals surface area contributed by atoms with Crippen LogP contribution in [0.1, 0.15) is 54.4 Å². The van der Waals surface area contributed by atoms with Crippen LogP contribution in [0.4, 0.5) is 0 Å². The quantitative estimate of drug-likeness (QED) is 0.477. The van der Waals surface area contributed by atoms with Crippen LogP contribution in [-0.4, -0.2) is 39.3 Å². The molecule has 0 heterocycles. The van der Waals surface area contributed by atoms with Gasteiger partial charge in [-0.1, -0.05) is 54.4 Å². The van der Waals surface area contributed by atoms with Gasteiger partial charge in [0, 0.05) is 0 Å². The van der Waals surface area contributed by atoms with Crippen LogP contribution in [0.25, 0.3) is 22.1 Å². The fraction of sp³-hybridized carbons (Fsp3) is 1.00. The second kappa shape index (κ2) is 51.2. The van der Waals surface area contributed by atoms with Gasteiger partial charge in [0.05, 0.1) is 0 Å². The first-order valence-corrected chi connectivity index (χ1v) is 7.21. The Morgan fingerprint density at radius 3 is 0.737 bits per heavy atom. The topological polar surface area (TPSA) is 75.8 Å². The van der Waals surface area contributed by atoms with Crippen molar-refractivity contribution in [2.45, 2.75) is 54.4 Å². The zero-order valence-corrected chi connectivity index (χ0v) is 17.6. The molecule has 0 amide bonds. The molecule has 4 nitrogen and oxygen atoms in total. The summed E-state index contributed by atoms with van der Waals surface area (Å²) in [7, 11) is 0. The molecule has 0 fully saturated rings. The molecule has 19 heavy (non-hydrogen) atoms. The standard InChI is InChI=1S/2C4H10N.2C3H8N.Hf/c2*1-3-5-4-2;2*1-2-3-4;/h2*3-4H2,1-2H3;2*4H,2-3H2,1H3;/q4*-1;+4. The summed E-state index contributed by atoms with van der Waals surface area (Å²) in [5.74, 6) is 0. The molecule has 0 aromatic carbocycles. The fourth-order valence-corrected chi connectivity index (χ4v) is 0.447. The van der Waals surface area contributed by atoms with Gasteiger partial charge < -0.3 is 22.1 Å². The van der Waals surface area contributed by atoms with Gasteiger partial charge in [-0.2, -0.15) is 39.3 Å². The Hall–Kier alpha value is 0.710. The molecule has 0 aromatic rings. The normalized spacial score (nSPS) is 7.58. The average Bonchev–Trinajstić information content (AvgIpc) is 2.42. The van der Waals surface area contributed by atoms with Gasteiger partial charge in [0.15, 0.2) is 0 Å². The van der Waals surface area contributed by atoms with Crippen LogP contribution in [0.15, 0.2) is 0 Å². The van der Waals surface area contributed by atoms with E-state index in [0.717, 1.165) is 39.0 Å². The number of hydrogen-bond donors (Lipinski definition) is 0. The van der Waals surface area contributed by atoms with E-state index in [9.17, 15) is 0 Å². The van der Waals surface area contributed by atoms with Crippen LogP contribution in [0.3, 0.4) is 0 Å². The average molecular weight is 439 g/mol. The van der Waals surface area contributed by atoms with Gasteiger partial charge >= 0.3 is 25.8 Å². The van der Waals surface area contributed by atoms with Crippen molar-refractivity contribution in [2.24, 2.45) is 0 Å². The first-order chi connectivity index (χ1) is 8.66. The number of nitrogens with one attached hydrogen (secondary N) is 2. The number of rotatable bonds is 6. The van der Waals surface area contributed by atoms with Gasteiger partial charge in [-0.3, -0.25) is 0 Å². The predicted octanol–water partition coefficient (Wildman–Crippen LogP) is 5.69. The third kappa shape index (κ3) is 116. The summed E-state index contributed by atoms with van der Waals surface area (Å²) in [6.45, 7) is 17.2. The molecule has 0 aliphatic heterocycles. The second-order valence-electron chi connectivity index (χ2n) is 3.21. The maximum atomic E-state index is 6.45. The predicted molar refractivity (Wildman–Crippen MR) is 87.8 cm³/mol. The van der Waals surface area contributed by atoms with Gasteiger partial charge in [0.25, 0.3) is 0 Å². The first-order valence-electron chi connectivity index (χ1n) is 7.21. The molecule has 0 aromatic heterocycles. The van der Waals surface area contributed by atoms with Crippen molar-refractivity contribution in [1.29, 1.82) is 0 Å². The molecule has 0 atom stereocenters. The van der Waals surface area contributed by atoms with Crippen molar-refractivity contribution in [1.82, 2.24) is 0 Å². The largest absolute Gasteiger partial charge is 4.00 e. The summed E-state index contributed by atoms with van der Waals surface area (Å²) >= 11 is 0. The van der Waals surface area contributed by atoms with Gasteiger partial charge in [0.2, 0.25) is 0 Å². The molecule has 0 bridgehead atoms. The Bertz CT molecular complexity index is 67.8. The Morgan fingerprint density at radius 2 is 0.737 bits per heavy atom. The molecule has 0 saturated heterocycles. The molecular formula is C14H36HfN4. The minimum atomic E-state index is 0. The molecule has 0 unspecified atom stereocenters. The first kappa shape index (κ1) is 31.9. The van der Waals surface area contributed by atoms with Crippen molar-refractivity contribution in [3.8, 4) is 0 Å². The van der Waals surface area contributed by atoms with E-state index in [-0.39, 0.29) is 25.8 Å². The molecular weight excluding hydrogens is 403 g/mol. The molecule has 116 valence electrons. The molecule has 0 spiro atoms. The van der Waals surface area contributed by atoms with Crippen LogP contribution >= 0.6 is 0 Å². The minimum Gasteiger partial charge on any atom is -0.677 e. The second-order valence-corrected chi connectivity index (χ2v) is 3.21. The Balaban J connectivity index is -0.0000000453. The van der Waals surface area contributed by atoms with Crippen molar-refractivity contribution < 1.29 is 25.8 Å². The summed E-state index contributed by atoms with van der Waals surface area (Å²) in [6.07, 6.45) is 1.97. The summed E-state index contributed by atoms with van der Waals surface area (Å²) < 4.78 is 0. The Labute approximate surface area is 141 Å². The van der Waals surface area contributed by atoms with Crippen LogP contribution in [0.2, 0.25) is 0 Å². The SMILES string of the molecule is CCC[NH-].CCC[NH-].CC[N-]CC.CC[N-]CC.[Hf+4]. The maximum Gasteiger partial charge on any atom is 4.00 e. The van der Waals surface area contributed by atoms with Crippen molar-refractivity contribution in [3.63, 3.8) is 0 Å². The number of nitrogens with zero attached hydrogens (tertiary/aromatic N) is 2. The summed E-state index contributed by atoms with van der Waals surface area (Å²) in [5, 5.41) is 7.94. The van der Waals surface area contributed by atoms with E-state index >= 15 is 0 Å². The monoisotopic (exact) mass is 440 g/mol.